The molecule has 1 aromatic heterocycles. The van der Waals surface area contributed by atoms with E-state index >= 15 is 0 Å². The SMILES string of the molecule is Nc1ccccc1NC(=O)c1ccc(NS(=O)(=O)c2cccnc2)cc1. The molecule has 0 atom stereocenters. The molecule has 0 saturated carbocycles. The maximum absolute atomic E-state index is 12.3. The third-order valence-corrected chi connectivity index (χ3v) is 4.92. The number of nitrogens with two attached hydrogens (primary N) is 1. The fourth-order valence-corrected chi connectivity index (χ4v) is 3.24. The second-order valence-corrected chi connectivity index (χ2v) is 7.10. The predicted molar refractivity (Wildman–Crippen MR) is 100 cm³/mol. The van der Waals surface area contributed by atoms with E-state index in [1.165, 1.54) is 48.8 Å². The first-order valence-electron chi connectivity index (χ1n) is 7.64. The number of rotatable bonds is 5. The van der Waals surface area contributed by atoms with Crippen LogP contribution < -0.4 is 15.8 Å². The quantitative estimate of drug-likeness (QED) is 0.599. The molecule has 0 unspecified atom stereocenters. The number of anilines is 3. The van der Waals surface area contributed by atoms with Crippen LogP contribution in [0.5, 0.6) is 0 Å². The largest absolute Gasteiger partial charge is 0.397 e. The normalized spacial score (nSPS) is 10.9. The lowest BCUT2D eigenvalue weighted by Crippen LogP contribution is -2.15. The van der Waals surface area contributed by atoms with Gasteiger partial charge in [-0.05, 0) is 48.5 Å². The zero-order valence-electron chi connectivity index (χ0n) is 13.6. The Balaban J connectivity index is 1.72. The Morgan fingerprint density at radius 1 is 0.962 bits per heavy atom. The van der Waals surface area contributed by atoms with Gasteiger partial charge in [0.2, 0.25) is 0 Å². The van der Waals surface area contributed by atoms with Crippen molar-refractivity contribution in [2.45, 2.75) is 4.90 Å². The van der Waals surface area contributed by atoms with E-state index in [0.29, 0.717) is 22.6 Å². The summed E-state index contributed by atoms with van der Waals surface area (Å²) in [5.74, 6) is -0.343. The lowest BCUT2D eigenvalue weighted by Gasteiger charge is -2.10. The molecule has 3 aromatic rings. The Morgan fingerprint density at radius 3 is 2.35 bits per heavy atom. The number of carbonyl (C=O) groups is 1. The number of para-hydroxylation sites is 2. The molecule has 0 saturated heterocycles. The molecule has 0 aliphatic rings. The third-order valence-electron chi connectivity index (χ3n) is 3.55. The van der Waals surface area contributed by atoms with Crippen LogP contribution in [-0.4, -0.2) is 19.3 Å². The third kappa shape index (κ3) is 3.98. The number of amides is 1. The summed E-state index contributed by atoms with van der Waals surface area (Å²) in [6, 6.07) is 16.0. The van der Waals surface area contributed by atoms with Gasteiger partial charge in [-0.25, -0.2) is 8.42 Å². The van der Waals surface area contributed by atoms with E-state index in [1.54, 1.807) is 24.3 Å². The summed E-state index contributed by atoms with van der Waals surface area (Å²) in [6.45, 7) is 0. The van der Waals surface area contributed by atoms with Crippen LogP contribution in [0.2, 0.25) is 0 Å². The van der Waals surface area contributed by atoms with Crippen LogP contribution in [0.1, 0.15) is 10.4 Å². The van der Waals surface area contributed by atoms with Crippen LogP contribution in [0.15, 0.2) is 78.0 Å². The topological polar surface area (TPSA) is 114 Å². The number of hydrogen-bond acceptors (Lipinski definition) is 5. The summed E-state index contributed by atoms with van der Waals surface area (Å²) in [7, 11) is -3.73. The van der Waals surface area contributed by atoms with Gasteiger partial charge in [0, 0.05) is 23.6 Å². The summed E-state index contributed by atoms with van der Waals surface area (Å²) in [6.07, 6.45) is 2.75. The fraction of sp³-hybridized carbons (Fsp3) is 0. The van der Waals surface area contributed by atoms with E-state index in [1.807, 2.05) is 0 Å². The molecule has 2 aromatic carbocycles. The summed E-state index contributed by atoms with van der Waals surface area (Å²) in [4.78, 5) is 16.1. The highest BCUT2D eigenvalue weighted by atomic mass is 32.2. The van der Waals surface area contributed by atoms with Gasteiger partial charge >= 0.3 is 0 Å². The van der Waals surface area contributed by atoms with Crippen LogP contribution in [-0.2, 0) is 10.0 Å². The number of carbonyl (C=O) groups excluding carboxylic acids is 1. The van der Waals surface area contributed by atoms with Crippen LogP contribution >= 0.6 is 0 Å². The van der Waals surface area contributed by atoms with Gasteiger partial charge in [0.15, 0.2) is 0 Å². The van der Waals surface area contributed by atoms with Crippen molar-refractivity contribution in [1.29, 1.82) is 0 Å². The highest BCUT2D eigenvalue weighted by molar-refractivity contribution is 7.92. The highest BCUT2D eigenvalue weighted by Crippen LogP contribution is 2.19. The molecular formula is C18H16N4O3S. The van der Waals surface area contributed by atoms with Gasteiger partial charge in [0.05, 0.1) is 11.4 Å². The monoisotopic (exact) mass is 368 g/mol. The average molecular weight is 368 g/mol. The number of nitrogens with one attached hydrogen (secondary N) is 2. The molecular weight excluding hydrogens is 352 g/mol. The van der Waals surface area contributed by atoms with Crippen molar-refractivity contribution < 1.29 is 13.2 Å². The van der Waals surface area contributed by atoms with E-state index in [-0.39, 0.29) is 10.8 Å². The second kappa shape index (κ2) is 7.24. The lowest BCUT2D eigenvalue weighted by atomic mass is 10.2. The van der Waals surface area contributed by atoms with E-state index < -0.39 is 10.0 Å². The van der Waals surface area contributed by atoms with Crippen molar-refractivity contribution in [3.63, 3.8) is 0 Å². The molecule has 7 nitrogen and oxygen atoms in total. The smallest absolute Gasteiger partial charge is 0.263 e. The van der Waals surface area contributed by atoms with Crippen molar-refractivity contribution in [1.82, 2.24) is 4.98 Å². The van der Waals surface area contributed by atoms with Crippen molar-refractivity contribution >= 4 is 33.0 Å². The van der Waals surface area contributed by atoms with Gasteiger partial charge in [-0.15, -0.1) is 0 Å². The molecule has 0 radical (unpaired) electrons. The first kappa shape index (κ1) is 17.4. The van der Waals surface area contributed by atoms with Gasteiger partial charge in [0.25, 0.3) is 15.9 Å². The molecule has 1 heterocycles. The minimum absolute atomic E-state index is 0.0568. The second-order valence-electron chi connectivity index (χ2n) is 5.41. The minimum Gasteiger partial charge on any atom is -0.397 e. The van der Waals surface area contributed by atoms with Crippen molar-refractivity contribution in [2.24, 2.45) is 0 Å². The summed E-state index contributed by atoms with van der Waals surface area (Å²) >= 11 is 0. The van der Waals surface area contributed by atoms with Crippen LogP contribution in [0.25, 0.3) is 0 Å². The molecule has 132 valence electrons. The van der Waals surface area contributed by atoms with E-state index in [9.17, 15) is 13.2 Å². The van der Waals surface area contributed by atoms with Gasteiger partial charge in [-0.2, -0.15) is 0 Å². The Kier molecular flexibility index (Phi) is 4.85. The Bertz CT molecular complexity index is 1020. The first-order valence-corrected chi connectivity index (χ1v) is 9.13. The highest BCUT2D eigenvalue weighted by Gasteiger charge is 2.14. The molecule has 4 N–H and O–H groups in total. The van der Waals surface area contributed by atoms with Crippen LogP contribution in [0.4, 0.5) is 17.1 Å². The molecule has 8 heteroatoms. The number of aromatic nitrogens is 1. The van der Waals surface area contributed by atoms with Crippen molar-refractivity contribution in [3.8, 4) is 0 Å². The zero-order chi connectivity index (χ0) is 18.6. The molecule has 26 heavy (non-hydrogen) atoms. The Morgan fingerprint density at radius 2 is 1.69 bits per heavy atom. The predicted octanol–water partition coefficient (Wildman–Crippen LogP) is 2.72. The minimum atomic E-state index is -3.73. The molecule has 1 amide bonds. The van der Waals surface area contributed by atoms with Crippen LogP contribution in [0.3, 0.4) is 0 Å². The van der Waals surface area contributed by atoms with Gasteiger partial charge in [0.1, 0.15) is 4.90 Å². The molecule has 0 bridgehead atoms. The van der Waals surface area contributed by atoms with Crippen molar-refractivity contribution in [2.75, 3.05) is 15.8 Å². The maximum Gasteiger partial charge on any atom is 0.263 e. The first-order chi connectivity index (χ1) is 12.5. The number of benzene rings is 2. The average Bonchev–Trinajstić information content (AvgIpc) is 2.64. The zero-order valence-corrected chi connectivity index (χ0v) is 14.4. The summed E-state index contributed by atoms with van der Waals surface area (Å²) in [5, 5.41) is 2.71. The standard InChI is InChI=1S/C18H16N4O3S/c19-16-5-1-2-6-17(16)21-18(23)13-7-9-14(10-8-13)22-26(24,25)15-4-3-11-20-12-15/h1-12,22H,19H2,(H,21,23). The fourth-order valence-electron chi connectivity index (χ4n) is 2.22. The number of pyridine rings is 1. The number of nitrogen functional groups attached to an aromatic ring is 1. The lowest BCUT2D eigenvalue weighted by molar-refractivity contribution is 0.102. The van der Waals surface area contributed by atoms with Gasteiger partial charge < -0.3 is 11.1 Å². The molecule has 0 aliphatic heterocycles. The molecule has 0 aliphatic carbocycles. The summed E-state index contributed by atoms with van der Waals surface area (Å²) < 4.78 is 26.9. The van der Waals surface area contributed by atoms with Crippen LogP contribution in [0, 0.1) is 0 Å². The summed E-state index contributed by atoms with van der Waals surface area (Å²) in [5.41, 5.74) is 7.48. The van der Waals surface area contributed by atoms with Gasteiger partial charge in [-0.3, -0.25) is 14.5 Å². The van der Waals surface area contributed by atoms with Crippen molar-refractivity contribution in [3.05, 3.63) is 78.6 Å². The molecule has 3 rings (SSSR count). The molecule has 0 fully saturated rings. The number of hydrogen-bond donors (Lipinski definition) is 3. The Labute approximate surface area is 150 Å². The maximum atomic E-state index is 12.3. The number of sulfonamides is 1. The van der Waals surface area contributed by atoms with E-state index in [0.717, 1.165) is 0 Å². The molecule has 0 spiro atoms. The van der Waals surface area contributed by atoms with E-state index in [4.69, 9.17) is 5.73 Å². The van der Waals surface area contributed by atoms with E-state index in [2.05, 4.69) is 15.0 Å². The van der Waals surface area contributed by atoms with Gasteiger partial charge in [-0.1, -0.05) is 12.1 Å². The number of nitrogens with zero attached hydrogens (tertiary/aromatic N) is 1. The Hall–Kier alpha value is -3.39.